The van der Waals surface area contributed by atoms with Crippen molar-refractivity contribution in [3.8, 4) is 11.1 Å². The second-order valence-electron chi connectivity index (χ2n) is 16.0. The molecule has 0 aliphatic heterocycles. The van der Waals surface area contributed by atoms with Gasteiger partial charge in [-0.1, -0.05) is 191 Å². The number of halogens is 1. The Hall–Kier alpha value is -4.87. The van der Waals surface area contributed by atoms with E-state index in [1.807, 2.05) is 85.8 Å². The Morgan fingerprint density at radius 2 is 1.18 bits per heavy atom. The topological polar surface area (TPSA) is 55.8 Å². The molecule has 0 N–H and O–H groups in total. The number of carbonyl (C=O) groups is 2. The van der Waals surface area contributed by atoms with E-state index < -0.39 is 23.7 Å². The van der Waals surface area contributed by atoms with Gasteiger partial charge in [-0.2, -0.15) is 0 Å². The molecule has 6 heteroatoms. The lowest BCUT2D eigenvalue weighted by molar-refractivity contribution is -0.154. The average molecular weight is 782 g/mol. The van der Waals surface area contributed by atoms with Crippen molar-refractivity contribution >= 4 is 23.7 Å². The van der Waals surface area contributed by atoms with Crippen molar-refractivity contribution in [2.24, 2.45) is 0 Å². The van der Waals surface area contributed by atoms with Crippen molar-refractivity contribution in [2.75, 3.05) is 13.7 Å². The summed E-state index contributed by atoms with van der Waals surface area (Å²) in [7, 11) is 1.68. The van der Waals surface area contributed by atoms with Crippen LogP contribution in [0.25, 0.3) is 11.1 Å². The summed E-state index contributed by atoms with van der Waals surface area (Å²) in [6.07, 6.45) is 13.7. The molecule has 1 fully saturated rings. The number of amides is 1. The third kappa shape index (κ3) is 9.15. The van der Waals surface area contributed by atoms with Crippen molar-refractivity contribution in [1.29, 1.82) is 0 Å². The van der Waals surface area contributed by atoms with E-state index in [-0.39, 0.29) is 18.9 Å². The Kier molecular flexibility index (Phi) is 13.5. The van der Waals surface area contributed by atoms with Crippen LogP contribution in [0.5, 0.6) is 0 Å². The summed E-state index contributed by atoms with van der Waals surface area (Å²) in [6.45, 7) is 2.05. The summed E-state index contributed by atoms with van der Waals surface area (Å²) >= 11 is 7.02. The molecule has 0 saturated heterocycles. The lowest BCUT2D eigenvalue weighted by atomic mass is 9.78. The van der Waals surface area contributed by atoms with Crippen LogP contribution in [0.15, 0.2) is 127 Å². The van der Waals surface area contributed by atoms with E-state index in [9.17, 15) is 9.59 Å². The molecule has 2 aliphatic carbocycles. The molecule has 296 valence electrons. The molecule has 0 heterocycles. The number of hydrogen-bond acceptors (Lipinski definition) is 4. The van der Waals surface area contributed by atoms with Gasteiger partial charge in [-0.25, -0.2) is 4.79 Å². The number of nitrogens with zero attached hydrogens (tertiary/aromatic N) is 1. The van der Waals surface area contributed by atoms with Crippen LogP contribution < -0.4 is 0 Å². The van der Waals surface area contributed by atoms with E-state index in [2.05, 4.69) is 48.5 Å². The van der Waals surface area contributed by atoms with Gasteiger partial charge in [-0.15, -0.1) is 0 Å². The zero-order chi connectivity index (χ0) is 39.6. The van der Waals surface area contributed by atoms with Crippen LogP contribution in [0.1, 0.15) is 129 Å². The van der Waals surface area contributed by atoms with Gasteiger partial charge in [0, 0.05) is 40.7 Å². The number of carbonyl (C=O) groups excluding carboxylic acids is 2. The minimum absolute atomic E-state index is 0.0418. The number of ether oxygens (including phenoxy) is 2. The van der Waals surface area contributed by atoms with Crippen LogP contribution in [0.4, 0.5) is 4.79 Å². The first-order chi connectivity index (χ1) is 27.9. The van der Waals surface area contributed by atoms with Gasteiger partial charge in [0.25, 0.3) is 0 Å². The molecular formula is C51H56ClNO4. The zero-order valence-corrected chi connectivity index (χ0v) is 34.3. The number of benzene rings is 5. The van der Waals surface area contributed by atoms with Crippen LogP contribution in [-0.2, 0) is 19.9 Å². The highest BCUT2D eigenvalue weighted by Crippen LogP contribution is 2.46. The second kappa shape index (κ2) is 19.0. The van der Waals surface area contributed by atoms with Crippen LogP contribution in [-0.4, -0.2) is 36.7 Å². The maximum Gasteiger partial charge on any atom is 0.409 e. The molecule has 2 atom stereocenters. The summed E-state index contributed by atoms with van der Waals surface area (Å²) in [5.74, 6) is -0.00602. The molecule has 5 aromatic carbocycles. The first-order valence-corrected chi connectivity index (χ1v) is 21.4. The van der Waals surface area contributed by atoms with E-state index in [1.165, 1.54) is 92.2 Å². The van der Waals surface area contributed by atoms with E-state index >= 15 is 0 Å². The Bertz CT molecular complexity index is 2040. The van der Waals surface area contributed by atoms with E-state index in [1.54, 1.807) is 7.05 Å². The van der Waals surface area contributed by atoms with Crippen molar-refractivity contribution < 1.29 is 19.1 Å². The Morgan fingerprint density at radius 3 is 1.77 bits per heavy atom. The summed E-state index contributed by atoms with van der Waals surface area (Å²) in [5, 5.41) is 0.501. The normalized spacial score (nSPS) is 16.8. The van der Waals surface area contributed by atoms with Gasteiger partial charge in [-0.3, -0.25) is 4.79 Å². The molecule has 57 heavy (non-hydrogen) atoms. The fraction of sp³-hybridized carbons (Fsp3) is 0.373. The van der Waals surface area contributed by atoms with Gasteiger partial charge in [0.15, 0.2) is 5.60 Å². The summed E-state index contributed by atoms with van der Waals surface area (Å²) in [4.78, 5) is 29.4. The number of rotatable bonds is 10. The first kappa shape index (κ1) is 40.3. The van der Waals surface area contributed by atoms with Gasteiger partial charge in [0.2, 0.25) is 0 Å². The summed E-state index contributed by atoms with van der Waals surface area (Å²) < 4.78 is 12.7. The van der Waals surface area contributed by atoms with Gasteiger partial charge in [-0.05, 0) is 59.6 Å². The Labute approximate surface area is 344 Å². The van der Waals surface area contributed by atoms with Crippen molar-refractivity contribution in [3.63, 3.8) is 0 Å². The Balaban J connectivity index is 1.11. The summed E-state index contributed by atoms with van der Waals surface area (Å²) in [6, 6.07) is 42.2. The molecule has 1 amide bonds. The monoisotopic (exact) mass is 781 g/mol. The smallest absolute Gasteiger partial charge is 0.409 e. The minimum atomic E-state index is -1.33. The molecule has 0 spiro atoms. The molecule has 5 nitrogen and oxygen atoms in total. The van der Waals surface area contributed by atoms with Crippen molar-refractivity contribution in [3.05, 3.63) is 166 Å². The highest BCUT2D eigenvalue weighted by molar-refractivity contribution is 6.31. The predicted octanol–water partition coefficient (Wildman–Crippen LogP) is 13.2. The predicted molar refractivity (Wildman–Crippen MR) is 231 cm³/mol. The molecule has 1 unspecified atom stereocenters. The second-order valence-corrected chi connectivity index (χ2v) is 16.5. The highest BCUT2D eigenvalue weighted by Gasteiger charge is 2.43. The maximum absolute atomic E-state index is 14.3. The Morgan fingerprint density at radius 1 is 0.667 bits per heavy atom. The van der Waals surface area contributed by atoms with Gasteiger partial charge >= 0.3 is 12.1 Å². The largest absolute Gasteiger partial charge is 0.448 e. The van der Waals surface area contributed by atoms with Crippen LogP contribution in [0.2, 0.25) is 5.02 Å². The van der Waals surface area contributed by atoms with Gasteiger partial charge < -0.3 is 14.4 Å². The molecule has 2 aliphatic rings. The lowest BCUT2D eigenvalue weighted by Crippen LogP contribution is -2.40. The molecule has 5 aromatic rings. The number of hydrogen-bond donors (Lipinski definition) is 0. The third-order valence-corrected chi connectivity index (χ3v) is 12.7. The van der Waals surface area contributed by atoms with Gasteiger partial charge in [0.05, 0.1) is 6.42 Å². The van der Waals surface area contributed by atoms with E-state index in [4.69, 9.17) is 21.1 Å². The van der Waals surface area contributed by atoms with E-state index in [0.717, 1.165) is 22.3 Å². The molecule has 0 radical (unpaired) electrons. The van der Waals surface area contributed by atoms with Crippen LogP contribution >= 0.6 is 11.6 Å². The summed E-state index contributed by atoms with van der Waals surface area (Å²) in [5.41, 5.74) is 6.95. The first-order valence-electron chi connectivity index (χ1n) is 21.1. The third-order valence-electron chi connectivity index (χ3n) is 12.3. The highest BCUT2D eigenvalue weighted by atomic mass is 35.5. The maximum atomic E-state index is 14.3. The zero-order valence-electron chi connectivity index (χ0n) is 33.5. The molecule has 0 bridgehead atoms. The SMILES string of the molecule is C[C@H](CC(=O)OC(c1ccccc1)(c1ccc(C2CCCCCCCCCCC2)cc1)c1ccccc1Cl)N(C)C(=O)OCC1c2ccccc2-c2ccccc21. The van der Waals surface area contributed by atoms with Crippen LogP contribution in [0, 0.1) is 0 Å². The van der Waals surface area contributed by atoms with Crippen molar-refractivity contribution in [1.82, 2.24) is 4.90 Å². The molecule has 0 aromatic heterocycles. The van der Waals surface area contributed by atoms with Crippen LogP contribution in [0.3, 0.4) is 0 Å². The standard InChI is InChI=1S/C51H56ClNO4/c1-37(53(2)50(55)56-36-46-44-27-17-15-25-42(44)43-26-16-18-28-45(43)46)35-49(54)57-51(40-23-13-10-14-24-40,47-29-19-20-30-48(47)52)41-33-31-39(32-34-41)38-21-11-8-6-4-3-5-7-9-12-22-38/h10,13-20,23-34,37-38,46H,3-9,11-12,21-22,35-36H2,1-2H3/t37-,51?/m1/s1. The molecular weight excluding hydrogens is 726 g/mol. The fourth-order valence-electron chi connectivity index (χ4n) is 9.02. The van der Waals surface area contributed by atoms with Crippen molar-refractivity contribution in [2.45, 2.75) is 107 Å². The minimum Gasteiger partial charge on any atom is -0.448 e. The number of fused-ring (bicyclic) bond motifs is 3. The molecule has 1 saturated carbocycles. The molecule has 7 rings (SSSR count). The number of esters is 1. The quantitative estimate of drug-likeness (QED) is 0.105. The van der Waals surface area contributed by atoms with Gasteiger partial charge in [0.1, 0.15) is 6.61 Å². The average Bonchev–Trinajstić information content (AvgIpc) is 3.56. The van der Waals surface area contributed by atoms with E-state index in [0.29, 0.717) is 16.5 Å². The fourth-order valence-corrected chi connectivity index (χ4v) is 9.29. The lowest BCUT2D eigenvalue weighted by Gasteiger charge is -2.37.